The van der Waals surface area contributed by atoms with E-state index in [1.807, 2.05) is 0 Å². The third kappa shape index (κ3) is 20.7. The van der Waals surface area contributed by atoms with Gasteiger partial charge in [0, 0.05) is 0 Å². The molecule has 0 fully saturated rings. The minimum Gasteiger partial charge on any atom is -0.481 e. The summed E-state index contributed by atoms with van der Waals surface area (Å²) in [7, 11) is 0. The predicted octanol–water partition coefficient (Wildman–Crippen LogP) is 6.26. The summed E-state index contributed by atoms with van der Waals surface area (Å²) in [6.07, 6.45) is 21.2. The molecule has 0 saturated heterocycles. The summed E-state index contributed by atoms with van der Waals surface area (Å²) in [4.78, 5) is 33.3. The number of carbonyl (C=O) groups is 3. The lowest BCUT2D eigenvalue weighted by Crippen LogP contribution is -2.52. The van der Waals surface area contributed by atoms with Crippen LogP contribution in [-0.4, -0.2) is 63.9 Å². The van der Waals surface area contributed by atoms with E-state index in [0.29, 0.717) is 6.54 Å². The van der Waals surface area contributed by atoms with Crippen LogP contribution in [0.4, 0.5) is 0 Å². The third-order valence-corrected chi connectivity index (χ3v) is 6.53. The summed E-state index contributed by atoms with van der Waals surface area (Å²) in [6, 6.07) is 0. The van der Waals surface area contributed by atoms with Gasteiger partial charge in [0.05, 0.1) is 45.4 Å². The van der Waals surface area contributed by atoms with Crippen LogP contribution in [0.1, 0.15) is 116 Å². The minimum absolute atomic E-state index is 0.0746. The van der Waals surface area contributed by atoms with Gasteiger partial charge in [0.2, 0.25) is 0 Å². The zero-order chi connectivity index (χ0) is 25.5. The summed E-state index contributed by atoms with van der Waals surface area (Å²) in [5.41, 5.74) is 0. The fraction of sp³-hybridized carbons (Fsp3) is 0.815. The first-order valence-corrected chi connectivity index (χ1v) is 13.5. The minimum atomic E-state index is -0.933. The average molecular weight is 485 g/mol. The van der Waals surface area contributed by atoms with E-state index in [9.17, 15) is 14.4 Å². The zero-order valence-electron chi connectivity index (χ0n) is 21.5. The van der Waals surface area contributed by atoms with Gasteiger partial charge in [0.25, 0.3) is 0 Å². The molecule has 3 N–H and O–H groups in total. The smallest absolute Gasteiger partial charge is 0.309 e. The maximum atomic E-state index is 11.1. The Hall–Kier alpha value is -1.89. The Bertz CT molecular complexity index is 530. The molecule has 0 amide bonds. The fourth-order valence-electron chi connectivity index (χ4n) is 4.37. The van der Waals surface area contributed by atoms with E-state index < -0.39 is 17.9 Å². The van der Waals surface area contributed by atoms with Crippen molar-refractivity contribution in [1.82, 2.24) is 0 Å². The Morgan fingerprint density at radius 1 is 0.529 bits per heavy atom. The lowest BCUT2D eigenvalue weighted by molar-refractivity contribution is -0.927. The number of nitrogens with zero attached hydrogens (tertiary/aromatic N) is 1. The molecule has 0 aromatic carbocycles. The molecule has 0 heterocycles. The predicted molar refractivity (Wildman–Crippen MR) is 136 cm³/mol. The Balaban J connectivity index is 4.08. The highest BCUT2D eigenvalue weighted by Gasteiger charge is 2.29. The van der Waals surface area contributed by atoms with Crippen LogP contribution in [-0.2, 0) is 14.4 Å². The normalized spacial score (nSPS) is 11.8. The van der Waals surface area contributed by atoms with Crippen molar-refractivity contribution in [2.45, 2.75) is 116 Å². The molecular weight excluding hydrogens is 434 g/mol. The van der Waals surface area contributed by atoms with Crippen LogP contribution in [0.2, 0.25) is 0 Å². The highest BCUT2D eigenvalue weighted by Crippen LogP contribution is 2.17. The number of hydrogen-bond acceptors (Lipinski definition) is 3. The highest BCUT2D eigenvalue weighted by molar-refractivity contribution is 5.67. The molecule has 0 aromatic heterocycles. The Kier molecular flexibility index (Phi) is 20.4. The summed E-state index contributed by atoms with van der Waals surface area (Å²) in [5, 5.41) is 27.3. The number of carboxylic acids is 3. The molecule has 0 aliphatic heterocycles. The molecule has 7 heteroatoms. The van der Waals surface area contributed by atoms with Gasteiger partial charge in [-0.25, -0.2) is 0 Å². The Labute approximate surface area is 206 Å². The van der Waals surface area contributed by atoms with Gasteiger partial charge in [-0.15, -0.1) is 0 Å². The number of rotatable bonds is 25. The number of allylic oxidation sites excluding steroid dienone is 2. The summed E-state index contributed by atoms with van der Waals surface area (Å²) >= 11 is 0. The molecular formula is C27H50NO6+. The first-order valence-electron chi connectivity index (χ1n) is 13.5. The van der Waals surface area contributed by atoms with Crippen LogP contribution < -0.4 is 0 Å². The molecule has 0 unspecified atom stereocenters. The van der Waals surface area contributed by atoms with E-state index in [0.717, 1.165) is 19.3 Å². The van der Waals surface area contributed by atoms with Gasteiger partial charge < -0.3 is 19.8 Å². The van der Waals surface area contributed by atoms with Gasteiger partial charge in [0.1, 0.15) is 0 Å². The van der Waals surface area contributed by atoms with Crippen LogP contribution in [0.25, 0.3) is 0 Å². The highest BCUT2D eigenvalue weighted by atomic mass is 16.4. The van der Waals surface area contributed by atoms with Crippen molar-refractivity contribution in [2.75, 3.05) is 26.2 Å². The molecule has 0 saturated carbocycles. The molecule has 198 valence electrons. The van der Waals surface area contributed by atoms with Crippen molar-refractivity contribution in [1.29, 1.82) is 0 Å². The van der Waals surface area contributed by atoms with E-state index in [1.165, 1.54) is 70.6 Å². The molecule has 0 spiro atoms. The lowest BCUT2D eigenvalue weighted by atomic mass is 10.0. The van der Waals surface area contributed by atoms with E-state index in [2.05, 4.69) is 19.1 Å². The van der Waals surface area contributed by atoms with Crippen LogP contribution in [0, 0.1) is 0 Å². The summed E-state index contributed by atoms with van der Waals surface area (Å²) in [5.74, 6) is -2.80. The second-order valence-electron chi connectivity index (χ2n) is 9.61. The monoisotopic (exact) mass is 484 g/mol. The SMILES string of the molecule is CCC/C=C/CCCCCCCCCCCCC[N+](CCC(=O)O)(CCC(=O)O)CCC(=O)O. The molecule has 0 aliphatic rings. The van der Waals surface area contributed by atoms with Crippen molar-refractivity contribution in [3.05, 3.63) is 12.2 Å². The third-order valence-electron chi connectivity index (χ3n) is 6.53. The molecule has 34 heavy (non-hydrogen) atoms. The van der Waals surface area contributed by atoms with Gasteiger partial charge in [0.15, 0.2) is 0 Å². The van der Waals surface area contributed by atoms with Crippen molar-refractivity contribution in [3.63, 3.8) is 0 Å². The molecule has 0 aromatic rings. The zero-order valence-corrected chi connectivity index (χ0v) is 21.5. The number of carboxylic acid groups (broad SMARTS) is 3. The van der Waals surface area contributed by atoms with Gasteiger partial charge in [-0.05, 0) is 32.1 Å². The van der Waals surface area contributed by atoms with Crippen molar-refractivity contribution >= 4 is 17.9 Å². The maximum absolute atomic E-state index is 11.1. The Morgan fingerprint density at radius 2 is 0.882 bits per heavy atom. The second-order valence-corrected chi connectivity index (χ2v) is 9.61. The number of hydrogen-bond donors (Lipinski definition) is 3. The first-order chi connectivity index (χ1) is 16.3. The quantitative estimate of drug-likeness (QED) is 0.0800. The van der Waals surface area contributed by atoms with E-state index in [4.69, 9.17) is 15.3 Å². The Morgan fingerprint density at radius 3 is 1.26 bits per heavy atom. The molecule has 0 rings (SSSR count). The molecule has 0 radical (unpaired) electrons. The lowest BCUT2D eigenvalue weighted by Gasteiger charge is -2.38. The number of quaternary nitrogens is 1. The van der Waals surface area contributed by atoms with Crippen LogP contribution in [0.5, 0.6) is 0 Å². The largest absolute Gasteiger partial charge is 0.481 e. The van der Waals surface area contributed by atoms with E-state index in [1.54, 1.807) is 0 Å². The maximum Gasteiger partial charge on any atom is 0.309 e. The van der Waals surface area contributed by atoms with Gasteiger partial charge >= 0.3 is 17.9 Å². The number of unbranched alkanes of at least 4 members (excludes halogenated alkanes) is 12. The molecule has 0 aliphatic carbocycles. The fourth-order valence-corrected chi connectivity index (χ4v) is 4.37. The van der Waals surface area contributed by atoms with Gasteiger partial charge in [-0.3, -0.25) is 14.4 Å². The summed E-state index contributed by atoms with van der Waals surface area (Å²) < 4.78 is 0.263. The van der Waals surface area contributed by atoms with Crippen molar-refractivity contribution in [2.24, 2.45) is 0 Å². The first kappa shape index (κ1) is 32.1. The van der Waals surface area contributed by atoms with Gasteiger partial charge in [-0.1, -0.05) is 76.9 Å². The van der Waals surface area contributed by atoms with Crippen molar-refractivity contribution in [3.8, 4) is 0 Å². The molecule has 0 atom stereocenters. The van der Waals surface area contributed by atoms with Crippen LogP contribution in [0.15, 0.2) is 12.2 Å². The topological polar surface area (TPSA) is 112 Å². The van der Waals surface area contributed by atoms with E-state index >= 15 is 0 Å². The standard InChI is InChI=1S/C27H49NO6/c1-2-3-4-5-6-7-8-9-10-11-12-13-14-15-16-17-21-28(22-18-25(29)30,23-19-26(31)32)24-20-27(33)34/h4-5H,2-3,6-24H2,1H3,(H2-,29,30,31,32,33,34)/p+1/b5-4+. The van der Waals surface area contributed by atoms with Gasteiger partial charge in [-0.2, -0.15) is 0 Å². The summed E-state index contributed by atoms with van der Waals surface area (Å²) in [6.45, 7) is 3.69. The second kappa shape index (κ2) is 21.6. The molecule has 0 bridgehead atoms. The van der Waals surface area contributed by atoms with Crippen LogP contribution in [0.3, 0.4) is 0 Å². The van der Waals surface area contributed by atoms with E-state index in [-0.39, 0.29) is 43.4 Å². The van der Waals surface area contributed by atoms with Crippen LogP contribution >= 0.6 is 0 Å². The van der Waals surface area contributed by atoms with Crippen molar-refractivity contribution < 1.29 is 34.2 Å². The average Bonchev–Trinajstić information content (AvgIpc) is 2.79. The number of aliphatic carboxylic acids is 3. The molecule has 7 nitrogen and oxygen atoms in total.